The molecular weight excluding hydrogens is 514 g/mol. The summed E-state index contributed by atoms with van der Waals surface area (Å²) in [5.74, 6) is 0.813. The van der Waals surface area contributed by atoms with Crippen molar-refractivity contribution in [2.45, 2.75) is 25.2 Å². The van der Waals surface area contributed by atoms with Gasteiger partial charge in [0, 0.05) is 43.7 Å². The molecule has 0 bridgehead atoms. The molecule has 1 aliphatic heterocycles. The van der Waals surface area contributed by atoms with E-state index in [1.54, 1.807) is 17.0 Å². The van der Waals surface area contributed by atoms with Crippen LogP contribution < -0.4 is 10.6 Å². The van der Waals surface area contributed by atoms with Crippen molar-refractivity contribution in [3.63, 3.8) is 0 Å². The molecule has 1 fully saturated rings. The van der Waals surface area contributed by atoms with E-state index in [4.69, 9.17) is 21.6 Å². The topological polar surface area (TPSA) is 127 Å². The third-order valence-electron chi connectivity index (χ3n) is 7.05. The Hall–Kier alpha value is -4.42. The van der Waals surface area contributed by atoms with Gasteiger partial charge in [0.05, 0.1) is 16.9 Å². The third-order valence-corrected chi connectivity index (χ3v) is 7.38. The van der Waals surface area contributed by atoms with Crippen LogP contribution in [0.5, 0.6) is 0 Å². The molecule has 0 aliphatic carbocycles. The van der Waals surface area contributed by atoms with Crippen LogP contribution in [0.2, 0.25) is 5.02 Å². The predicted octanol–water partition coefficient (Wildman–Crippen LogP) is 4.52. The molecule has 2 aromatic carbocycles. The summed E-state index contributed by atoms with van der Waals surface area (Å²) >= 11 is 6.42. The van der Waals surface area contributed by atoms with Gasteiger partial charge in [0.2, 0.25) is 5.91 Å². The number of fused-ring (bicyclic) bond motifs is 1. The lowest BCUT2D eigenvalue weighted by atomic mass is 9.74. The van der Waals surface area contributed by atoms with Crippen molar-refractivity contribution in [2.24, 2.45) is 0 Å². The van der Waals surface area contributed by atoms with Crippen LogP contribution in [-0.2, 0) is 10.2 Å². The molecule has 9 nitrogen and oxygen atoms in total. The van der Waals surface area contributed by atoms with Gasteiger partial charge in [-0.2, -0.15) is 5.26 Å². The van der Waals surface area contributed by atoms with Gasteiger partial charge >= 0.3 is 0 Å². The maximum absolute atomic E-state index is 13.5. The molecule has 0 radical (unpaired) electrons. The molecule has 0 atom stereocenters. The fraction of sp³-hybridized carbons (Fsp3) is 0.276. The molecule has 39 heavy (non-hydrogen) atoms. The average Bonchev–Trinajstić information content (AvgIpc) is 3.40. The molecule has 1 aliphatic rings. The fourth-order valence-corrected chi connectivity index (χ4v) is 5.26. The molecule has 198 valence electrons. The summed E-state index contributed by atoms with van der Waals surface area (Å²) in [5, 5.41) is 17.3. The molecule has 2 aromatic heterocycles. The summed E-state index contributed by atoms with van der Waals surface area (Å²) in [6.07, 6.45) is 0.986. The number of halogens is 1. The molecule has 2 amide bonds. The summed E-state index contributed by atoms with van der Waals surface area (Å²) in [6, 6.07) is 21.2. The van der Waals surface area contributed by atoms with Crippen molar-refractivity contribution < 1.29 is 9.59 Å². The van der Waals surface area contributed by atoms with Crippen LogP contribution in [0.1, 0.15) is 35.8 Å². The molecule has 5 rings (SSSR count). The predicted molar refractivity (Wildman–Crippen MR) is 150 cm³/mol. The standard InChI is InChI=1S/C29H28ClN7O2/c1-19(38)32-13-14-33-26-21-17-24(34-27(21)36-25(35-26)20-7-3-2-4-8-20)28(39)37-15-11-29(18-31,12-16-37)22-9-5-6-10-23(22)30/h2-10,17H,11-16H2,1H3,(H,32,38)(H2,33,34,35,36). The Morgan fingerprint density at radius 1 is 1.08 bits per heavy atom. The second-order valence-corrected chi connectivity index (χ2v) is 9.99. The minimum atomic E-state index is -0.726. The lowest BCUT2D eigenvalue weighted by molar-refractivity contribution is -0.118. The van der Waals surface area contributed by atoms with Crippen LogP contribution in [0, 0.1) is 11.3 Å². The first-order valence-corrected chi connectivity index (χ1v) is 13.2. The number of aromatic amines is 1. The van der Waals surface area contributed by atoms with Crippen molar-refractivity contribution in [2.75, 3.05) is 31.5 Å². The number of hydrogen-bond acceptors (Lipinski definition) is 6. The largest absolute Gasteiger partial charge is 0.368 e. The van der Waals surface area contributed by atoms with E-state index < -0.39 is 5.41 Å². The number of likely N-dealkylation sites (tertiary alicyclic amines) is 1. The fourth-order valence-electron chi connectivity index (χ4n) is 4.95. The number of hydrogen-bond donors (Lipinski definition) is 3. The van der Waals surface area contributed by atoms with E-state index in [1.165, 1.54) is 6.92 Å². The van der Waals surface area contributed by atoms with Crippen LogP contribution in [0.4, 0.5) is 5.82 Å². The number of aromatic nitrogens is 3. The highest BCUT2D eigenvalue weighted by atomic mass is 35.5. The number of nitriles is 1. The zero-order valence-corrected chi connectivity index (χ0v) is 22.3. The second kappa shape index (κ2) is 11.1. The number of amides is 2. The minimum Gasteiger partial charge on any atom is -0.368 e. The number of anilines is 1. The highest BCUT2D eigenvalue weighted by Crippen LogP contribution is 2.39. The lowest BCUT2D eigenvalue weighted by Gasteiger charge is -2.37. The Bertz CT molecular complexity index is 1550. The monoisotopic (exact) mass is 541 g/mol. The van der Waals surface area contributed by atoms with Crippen LogP contribution in [0.15, 0.2) is 60.7 Å². The number of piperidine rings is 1. The molecule has 10 heteroatoms. The molecule has 0 saturated carbocycles. The van der Waals surface area contributed by atoms with Gasteiger partial charge in [-0.25, -0.2) is 9.97 Å². The maximum Gasteiger partial charge on any atom is 0.270 e. The quantitative estimate of drug-likeness (QED) is 0.295. The molecule has 3 heterocycles. The maximum atomic E-state index is 13.5. The Labute approximate surface area is 231 Å². The van der Waals surface area contributed by atoms with E-state index in [0.717, 1.165) is 11.1 Å². The van der Waals surface area contributed by atoms with E-state index in [1.807, 2.05) is 48.5 Å². The summed E-state index contributed by atoms with van der Waals surface area (Å²) in [6.45, 7) is 3.21. The normalized spacial score (nSPS) is 14.5. The zero-order chi connectivity index (χ0) is 27.4. The van der Waals surface area contributed by atoms with E-state index in [2.05, 4.69) is 21.7 Å². The number of H-pyrrole nitrogens is 1. The summed E-state index contributed by atoms with van der Waals surface area (Å²) in [4.78, 5) is 39.2. The first kappa shape index (κ1) is 26.2. The van der Waals surface area contributed by atoms with Crippen molar-refractivity contribution in [3.8, 4) is 17.5 Å². The van der Waals surface area contributed by atoms with Crippen LogP contribution in [0.25, 0.3) is 22.4 Å². The van der Waals surface area contributed by atoms with Crippen molar-refractivity contribution in [1.82, 2.24) is 25.2 Å². The molecule has 0 unspecified atom stereocenters. The number of carbonyl (C=O) groups is 2. The third kappa shape index (κ3) is 5.42. The molecule has 4 aromatic rings. The van der Waals surface area contributed by atoms with E-state index in [0.29, 0.717) is 72.4 Å². The molecule has 0 spiro atoms. The summed E-state index contributed by atoms with van der Waals surface area (Å²) in [5.41, 5.74) is 1.86. The minimum absolute atomic E-state index is 0.111. The van der Waals surface area contributed by atoms with Gasteiger partial charge in [-0.15, -0.1) is 0 Å². The van der Waals surface area contributed by atoms with Crippen LogP contribution >= 0.6 is 11.6 Å². The first-order valence-electron chi connectivity index (χ1n) is 12.8. The van der Waals surface area contributed by atoms with Gasteiger partial charge < -0.3 is 20.5 Å². The van der Waals surface area contributed by atoms with Gasteiger partial charge in [0.15, 0.2) is 5.82 Å². The Morgan fingerprint density at radius 3 is 2.49 bits per heavy atom. The van der Waals surface area contributed by atoms with E-state index in [9.17, 15) is 14.9 Å². The van der Waals surface area contributed by atoms with Gasteiger partial charge in [-0.05, 0) is 30.5 Å². The number of nitrogens with one attached hydrogen (secondary N) is 3. The van der Waals surface area contributed by atoms with Gasteiger partial charge in [0.1, 0.15) is 17.2 Å². The molecule has 1 saturated heterocycles. The highest BCUT2D eigenvalue weighted by molar-refractivity contribution is 6.31. The van der Waals surface area contributed by atoms with E-state index >= 15 is 0 Å². The highest BCUT2D eigenvalue weighted by Gasteiger charge is 2.39. The van der Waals surface area contributed by atoms with E-state index in [-0.39, 0.29) is 11.8 Å². The number of nitrogens with zero attached hydrogens (tertiary/aromatic N) is 4. The van der Waals surface area contributed by atoms with Crippen LogP contribution in [0.3, 0.4) is 0 Å². The molecule has 3 N–H and O–H groups in total. The number of carbonyl (C=O) groups excluding carboxylic acids is 2. The summed E-state index contributed by atoms with van der Waals surface area (Å²) in [7, 11) is 0. The number of rotatable bonds is 7. The SMILES string of the molecule is CC(=O)NCCNc1nc(-c2ccccc2)nc2[nH]c(C(=O)N3CCC(C#N)(c4ccccc4Cl)CC3)cc12. The first-order chi connectivity index (χ1) is 18.9. The van der Waals surface area contributed by atoms with Crippen molar-refractivity contribution >= 4 is 40.3 Å². The Balaban J connectivity index is 1.40. The zero-order valence-electron chi connectivity index (χ0n) is 21.5. The smallest absolute Gasteiger partial charge is 0.270 e. The second-order valence-electron chi connectivity index (χ2n) is 9.58. The Morgan fingerprint density at radius 2 is 1.79 bits per heavy atom. The van der Waals surface area contributed by atoms with Crippen LogP contribution in [-0.4, -0.2) is 57.8 Å². The van der Waals surface area contributed by atoms with Crippen molar-refractivity contribution in [3.05, 3.63) is 76.9 Å². The van der Waals surface area contributed by atoms with Gasteiger partial charge in [0.25, 0.3) is 5.91 Å². The number of benzene rings is 2. The lowest BCUT2D eigenvalue weighted by Crippen LogP contribution is -2.44. The summed E-state index contributed by atoms with van der Waals surface area (Å²) < 4.78 is 0. The average molecular weight is 542 g/mol. The van der Waals surface area contributed by atoms with Gasteiger partial charge in [-0.1, -0.05) is 60.1 Å². The Kier molecular flexibility index (Phi) is 7.48. The van der Waals surface area contributed by atoms with Crippen molar-refractivity contribution in [1.29, 1.82) is 5.26 Å². The van der Waals surface area contributed by atoms with Gasteiger partial charge in [-0.3, -0.25) is 9.59 Å². The molecular formula is C29H28ClN7O2.